The van der Waals surface area contributed by atoms with Gasteiger partial charge >= 0.3 is 0 Å². The summed E-state index contributed by atoms with van der Waals surface area (Å²) in [7, 11) is 0. The van der Waals surface area contributed by atoms with Gasteiger partial charge in [0.1, 0.15) is 5.75 Å². The highest BCUT2D eigenvalue weighted by Gasteiger charge is 2.24. The van der Waals surface area contributed by atoms with E-state index in [0.717, 1.165) is 19.4 Å². The maximum absolute atomic E-state index is 9.83. The Bertz CT molecular complexity index is 375. The molecule has 1 atom stereocenters. The predicted molar refractivity (Wildman–Crippen MR) is 71.5 cm³/mol. The second-order valence-corrected chi connectivity index (χ2v) is 4.94. The van der Waals surface area contributed by atoms with Crippen molar-refractivity contribution in [1.82, 2.24) is 4.90 Å². The van der Waals surface area contributed by atoms with Crippen LogP contribution in [0.15, 0.2) is 18.2 Å². The first-order chi connectivity index (χ1) is 8.26. The van der Waals surface area contributed by atoms with Crippen molar-refractivity contribution in [2.24, 2.45) is 0 Å². The number of rotatable bonds is 4. The Morgan fingerprint density at radius 1 is 1.35 bits per heavy atom. The number of nitrogens with zero attached hydrogens (tertiary/aromatic N) is 1. The number of hydrogen-bond acceptors (Lipinski definition) is 2. The van der Waals surface area contributed by atoms with Crippen molar-refractivity contribution in [2.75, 3.05) is 13.1 Å². The minimum absolute atomic E-state index is 0.486. The Kier molecular flexibility index (Phi) is 4.06. The van der Waals surface area contributed by atoms with Crippen molar-refractivity contribution >= 4 is 0 Å². The molecule has 2 rings (SSSR count). The number of fused-ring (bicyclic) bond motifs is 1. The number of phenolic OH excluding ortho intramolecular Hbond substituents is 1. The van der Waals surface area contributed by atoms with E-state index < -0.39 is 0 Å². The summed E-state index contributed by atoms with van der Waals surface area (Å²) in [5.41, 5.74) is 2.52. The van der Waals surface area contributed by atoms with Crippen molar-refractivity contribution in [3.8, 4) is 5.75 Å². The van der Waals surface area contributed by atoms with Crippen molar-refractivity contribution in [3.63, 3.8) is 0 Å². The van der Waals surface area contributed by atoms with Crippen molar-refractivity contribution in [3.05, 3.63) is 29.3 Å². The average molecular weight is 233 g/mol. The van der Waals surface area contributed by atoms with Gasteiger partial charge in [-0.25, -0.2) is 0 Å². The molecule has 0 amide bonds. The Hall–Kier alpha value is -1.02. The minimum atomic E-state index is 0.486. The summed E-state index contributed by atoms with van der Waals surface area (Å²) in [6, 6.07) is 6.60. The van der Waals surface area contributed by atoms with E-state index in [1.165, 1.54) is 30.5 Å². The maximum atomic E-state index is 9.83. The molecule has 1 aromatic carbocycles. The van der Waals surface area contributed by atoms with E-state index >= 15 is 0 Å². The number of phenols is 1. The van der Waals surface area contributed by atoms with Crippen LogP contribution in [0.5, 0.6) is 5.75 Å². The number of likely N-dealkylation sites (N-methyl/N-ethyl adjacent to an activating group) is 1. The SMILES string of the molecule is CCCN(CC)[C@H]1CCc2c(O)cccc2C1. The van der Waals surface area contributed by atoms with Gasteiger partial charge in [0.05, 0.1) is 0 Å². The highest BCUT2D eigenvalue weighted by molar-refractivity contribution is 5.41. The quantitative estimate of drug-likeness (QED) is 0.864. The van der Waals surface area contributed by atoms with Gasteiger partial charge in [-0.05, 0) is 56.0 Å². The topological polar surface area (TPSA) is 23.5 Å². The summed E-state index contributed by atoms with van der Waals surface area (Å²) < 4.78 is 0. The van der Waals surface area contributed by atoms with Crippen LogP contribution < -0.4 is 0 Å². The maximum Gasteiger partial charge on any atom is 0.119 e. The smallest absolute Gasteiger partial charge is 0.119 e. The summed E-state index contributed by atoms with van der Waals surface area (Å²) in [6.45, 7) is 6.81. The molecule has 0 radical (unpaired) electrons. The zero-order valence-corrected chi connectivity index (χ0v) is 10.9. The fourth-order valence-electron chi connectivity index (χ4n) is 2.97. The van der Waals surface area contributed by atoms with Gasteiger partial charge in [-0.1, -0.05) is 26.0 Å². The lowest BCUT2D eigenvalue weighted by atomic mass is 9.87. The van der Waals surface area contributed by atoms with Crippen LogP contribution in [-0.4, -0.2) is 29.1 Å². The molecule has 0 bridgehead atoms. The van der Waals surface area contributed by atoms with Gasteiger partial charge in [-0.2, -0.15) is 0 Å². The van der Waals surface area contributed by atoms with Crippen LogP contribution in [0.4, 0.5) is 0 Å². The second kappa shape index (κ2) is 5.54. The molecule has 0 fully saturated rings. The first-order valence-electron chi connectivity index (χ1n) is 6.80. The minimum Gasteiger partial charge on any atom is -0.508 e. The number of hydrogen-bond donors (Lipinski definition) is 1. The van der Waals surface area contributed by atoms with Gasteiger partial charge in [0.15, 0.2) is 0 Å². The van der Waals surface area contributed by atoms with Gasteiger partial charge in [0.2, 0.25) is 0 Å². The van der Waals surface area contributed by atoms with Crippen molar-refractivity contribution < 1.29 is 5.11 Å². The Balaban J connectivity index is 2.12. The van der Waals surface area contributed by atoms with Crippen molar-refractivity contribution in [2.45, 2.75) is 45.6 Å². The van der Waals surface area contributed by atoms with Gasteiger partial charge in [0.25, 0.3) is 0 Å². The molecule has 0 heterocycles. The molecule has 2 heteroatoms. The van der Waals surface area contributed by atoms with E-state index in [4.69, 9.17) is 0 Å². The lowest BCUT2D eigenvalue weighted by Gasteiger charge is -2.34. The van der Waals surface area contributed by atoms with Crippen molar-refractivity contribution in [1.29, 1.82) is 0 Å². The number of benzene rings is 1. The average Bonchev–Trinajstić information content (AvgIpc) is 2.36. The van der Waals surface area contributed by atoms with Crippen LogP contribution in [-0.2, 0) is 12.8 Å². The van der Waals surface area contributed by atoms with E-state index in [0.29, 0.717) is 11.8 Å². The standard InChI is InChI=1S/C15H23NO/c1-3-10-16(4-2)13-8-9-14-12(11-13)6-5-7-15(14)17/h5-7,13,17H,3-4,8-11H2,1-2H3/t13-/m0/s1. The predicted octanol–water partition coefficient (Wildman–Crippen LogP) is 2.98. The molecule has 0 saturated heterocycles. The van der Waals surface area contributed by atoms with Gasteiger partial charge in [-0.15, -0.1) is 0 Å². The summed E-state index contributed by atoms with van der Waals surface area (Å²) in [4.78, 5) is 2.58. The first-order valence-corrected chi connectivity index (χ1v) is 6.80. The zero-order chi connectivity index (χ0) is 12.3. The van der Waals surface area contributed by atoms with Gasteiger partial charge < -0.3 is 10.0 Å². The fourth-order valence-corrected chi connectivity index (χ4v) is 2.97. The summed E-state index contributed by atoms with van der Waals surface area (Å²) in [5.74, 6) is 0.486. The molecule has 0 aliphatic heterocycles. The summed E-state index contributed by atoms with van der Waals surface area (Å²) in [5, 5.41) is 9.83. The Morgan fingerprint density at radius 3 is 2.88 bits per heavy atom. The molecule has 1 aromatic rings. The lowest BCUT2D eigenvalue weighted by molar-refractivity contribution is 0.188. The molecule has 2 nitrogen and oxygen atoms in total. The van der Waals surface area contributed by atoms with E-state index in [9.17, 15) is 5.11 Å². The Morgan fingerprint density at radius 2 is 2.18 bits per heavy atom. The third kappa shape index (κ3) is 2.63. The van der Waals surface area contributed by atoms with Crippen LogP contribution in [0.1, 0.15) is 37.8 Å². The first kappa shape index (κ1) is 12.4. The molecular weight excluding hydrogens is 210 g/mol. The highest BCUT2D eigenvalue weighted by atomic mass is 16.3. The van der Waals surface area contributed by atoms with Crippen LogP contribution in [0.25, 0.3) is 0 Å². The zero-order valence-electron chi connectivity index (χ0n) is 10.9. The van der Waals surface area contributed by atoms with Crippen LogP contribution >= 0.6 is 0 Å². The molecule has 0 aromatic heterocycles. The monoisotopic (exact) mass is 233 g/mol. The second-order valence-electron chi connectivity index (χ2n) is 4.94. The van der Waals surface area contributed by atoms with Gasteiger partial charge in [0, 0.05) is 6.04 Å². The molecule has 1 aliphatic carbocycles. The highest BCUT2D eigenvalue weighted by Crippen LogP contribution is 2.30. The van der Waals surface area contributed by atoms with E-state index in [1.807, 2.05) is 12.1 Å². The molecule has 1 N–H and O–H groups in total. The summed E-state index contributed by atoms with van der Waals surface area (Å²) in [6.07, 6.45) is 4.51. The van der Waals surface area contributed by atoms with Crippen LogP contribution in [0.3, 0.4) is 0 Å². The Labute approximate surface area is 104 Å². The third-order valence-electron chi connectivity index (χ3n) is 3.86. The largest absolute Gasteiger partial charge is 0.508 e. The molecular formula is C15H23NO. The van der Waals surface area contributed by atoms with E-state index in [-0.39, 0.29) is 0 Å². The normalized spacial score (nSPS) is 19.4. The van der Waals surface area contributed by atoms with Crippen LogP contribution in [0.2, 0.25) is 0 Å². The van der Waals surface area contributed by atoms with E-state index in [1.54, 1.807) is 0 Å². The molecule has 94 valence electrons. The molecule has 0 saturated carbocycles. The molecule has 0 unspecified atom stereocenters. The molecule has 1 aliphatic rings. The van der Waals surface area contributed by atoms with Crippen LogP contribution in [0, 0.1) is 0 Å². The van der Waals surface area contributed by atoms with Gasteiger partial charge in [-0.3, -0.25) is 0 Å². The fraction of sp³-hybridized carbons (Fsp3) is 0.600. The lowest BCUT2D eigenvalue weighted by Crippen LogP contribution is -2.39. The van der Waals surface area contributed by atoms with E-state index in [2.05, 4.69) is 24.8 Å². The molecule has 17 heavy (non-hydrogen) atoms. The molecule has 0 spiro atoms. The third-order valence-corrected chi connectivity index (χ3v) is 3.86. The number of aromatic hydroxyl groups is 1. The summed E-state index contributed by atoms with van der Waals surface area (Å²) >= 11 is 0.